The highest BCUT2D eigenvalue weighted by molar-refractivity contribution is 6.31. The van der Waals surface area contributed by atoms with Gasteiger partial charge in [0, 0.05) is 10.7 Å². The van der Waals surface area contributed by atoms with Gasteiger partial charge in [0.1, 0.15) is 17.9 Å². The second-order valence-electron chi connectivity index (χ2n) is 9.96. The highest BCUT2D eigenvalue weighted by Gasteiger charge is 2.43. The van der Waals surface area contributed by atoms with Crippen molar-refractivity contribution in [3.8, 4) is 5.75 Å². The molecule has 0 radical (unpaired) electrons. The SMILES string of the molecule is Cc1cc2oc3c(c(=O)c2cc1C)C(c1ccc(OCc2ccccc2)cc1)N(c1ccc(C)c(Cl)c1)C3=O. The molecule has 194 valence electrons. The summed E-state index contributed by atoms with van der Waals surface area (Å²) in [4.78, 5) is 29.4. The molecule has 0 bridgehead atoms. The minimum absolute atomic E-state index is 0.0573. The maximum absolute atomic E-state index is 13.9. The van der Waals surface area contributed by atoms with E-state index in [4.69, 9.17) is 20.8 Å². The summed E-state index contributed by atoms with van der Waals surface area (Å²) in [6.45, 7) is 6.25. The molecule has 1 aliphatic heterocycles. The maximum atomic E-state index is 13.9. The lowest BCUT2D eigenvalue weighted by molar-refractivity contribution is 0.0971. The van der Waals surface area contributed by atoms with E-state index >= 15 is 0 Å². The minimum atomic E-state index is -0.684. The summed E-state index contributed by atoms with van der Waals surface area (Å²) in [5.74, 6) is 0.368. The highest BCUT2D eigenvalue weighted by Crippen LogP contribution is 2.42. The van der Waals surface area contributed by atoms with E-state index in [2.05, 4.69) is 0 Å². The Morgan fingerprint density at radius 3 is 2.28 bits per heavy atom. The molecule has 1 aliphatic rings. The van der Waals surface area contributed by atoms with Crippen molar-refractivity contribution in [2.24, 2.45) is 0 Å². The lowest BCUT2D eigenvalue weighted by atomic mass is 9.97. The molecule has 5 nitrogen and oxygen atoms in total. The molecule has 4 aromatic carbocycles. The second-order valence-corrected chi connectivity index (χ2v) is 10.4. The summed E-state index contributed by atoms with van der Waals surface area (Å²) in [7, 11) is 0. The number of nitrogens with zero attached hydrogens (tertiary/aromatic N) is 1. The van der Waals surface area contributed by atoms with Crippen LogP contribution in [0.4, 0.5) is 5.69 Å². The smallest absolute Gasteiger partial charge is 0.295 e. The number of hydrogen-bond donors (Lipinski definition) is 0. The summed E-state index contributed by atoms with van der Waals surface area (Å²) < 4.78 is 12.1. The number of anilines is 1. The molecule has 0 saturated carbocycles. The van der Waals surface area contributed by atoms with Crippen LogP contribution in [0.15, 0.2) is 94.1 Å². The van der Waals surface area contributed by atoms with Crippen LogP contribution >= 0.6 is 11.6 Å². The third kappa shape index (κ3) is 4.39. The van der Waals surface area contributed by atoms with Gasteiger partial charge in [-0.3, -0.25) is 14.5 Å². The van der Waals surface area contributed by atoms with Gasteiger partial charge in [-0.15, -0.1) is 0 Å². The van der Waals surface area contributed by atoms with Gasteiger partial charge in [0.2, 0.25) is 5.76 Å². The zero-order valence-corrected chi connectivity index (χ0v) is 22.6. The molecule has 6 heteroatoms. The van der Waals surface area contributed by atoms with E-state index in [1.54, 1.807) is 11.0 Å². The molecule has 2 heterocycles. The fourth-order valence-electron chi connectivity index (χ4n) is 5.03. The van der Waals surface area contributed by atoms with Gasteiger partial charge in [-0.25, -0.2) is 0 Å². The van der Waals surface area contributed by atoms with E-state index in [-0.39, 0.29) is 17.1 Å². The van der Waals surface area contributed by atoms with Gasteiger partial charge in [0.05, 0.1) is 17.0 Å². The van der Waals surface area contributed by atoms with Crippen LogP contribution in [-0.2, 0) is 6.61 Å². The summed E-state index contributed by atoms with van der Waals surface area (Å²) in [6, 6.07) is 25.9. The quantitative estimate of drug-likeness (QED) is 0.231. The van der Waals surface area contributed by atoms with Crippen molar-refractivity contribution in [3.63, 3.8) is 0 Å². The van der Waals surface area contributed by atoms with Crippen molar-refractivity contribution in [2.75, 3.05) is 4.90 Å². The van der Waals surface area contributed by atoms with Crippen molar-refractivity contribution in [3.05, 3.63) is 139 Å². The van der Waals surface area contributed by atoms with Crippen LogP contribution in [0.1, 0.15) is 50.0 Å². The lowest BCUT2D eigenvalue weighted by Gasteiger charge is -2.26. The number of halogens is 1. The molecule has 0 spiro atoms. The number of hydrogen-bond acceptors (Lipinski definition) is 4. The van der Waals surface area contributed by atoms with Crippen molar-refractivity contribution in [2.45, 2.75) is 33.4 Å². The Hall–Kier alpha value is -4.35. The molecular formula is C33H26ClNO4. The van der Waals surface area contributed by atoms with E-state index in [0.29, 0.717) is 39.6 Å². The van der Waals surface area contributed by atoms with Crippen molar-refractivity contribution >= 4 is 34.2 Å². The maximum Gasteiger partial charge on any atom is 0.295 e. The lowest BCUT2D eigenvalue weighted by Crippen LogP contribution is -2.29. The van der Waals surface area contributed by atoms with Gasteiger partial charge in [-0.1, -0.05) is 60.1 Å². The Bertz CT molecular complexity index is 1790. The predicted octanol–water partition coefficient (Wildman–Crippen LogP) is 7.70. The first-order valence-corrected chi connectivity index (χ1v) is 13.1. The molecule has 39 heavy (non-hydrogen) atoms. The first-order chi connectivity index (χ1) is 18.8. The average molecular weight is 536 g/mol. The van der Waals surface area contributed by atoms with Gasteiger partial charge in [-0.05, 0) is 85.0 Å². The van der Waals surface area contributed by atoms with E-state index in [1.807, 2.05) is 99.6 Å². The van der Waals surface area contributed by atoms with Crippen LogP contribution in [0.25, 0.3) is 11.0 Å². The number of ether oxygens (including phenoxy) is 1. The predicted molar refractivity (Wildman–Crippen MR) is 154 cm³/mol. The fourth-order valence-corrected chi connectivity index (χ4v) is 5.20. The van der Waals surface area contributed by atoms with Gasteiger partial charge in [-0.2, -0.15) is 0 Å². The Labute approximate surface area is 231 Å². The largest absolute Gasteiger partial charge is 0.489 e. The Morgan fingerprint density at radius 1 is 0.846 bits per heavy atom. The molecule has 0 saturated heterocycles. The van der Waals surface area contributed by atoms with Crippen LogP contribution < -0.4 is 15.1 Å². The number of fused-ring (bicyclic) bond motifs is 2. The molecule has 5 aromatic rings. The molecule has 0 fully saturated rings. The number of carbonyl (C=O) groups is 1. The molecule has 1 amide bonds. The van der Waals surface area contributed by atoms with Crippen LogP contribution in [-0.4, -0.2) is 5.91 Å². The fraction of sp³-hybridized carbons (Fsp3) is 0.152. The van der Waals surface area contributed by atoms with Crippen LogP contribution in [0, 0.1) is 20.8 Å². The monoisotopic (exact) mass is 535 g/mol. The van der Waals surface area contributed by atoms with Gasteiger partial charge in [0.15, 0.2) is 5.43 Å². The minimum Gasteiger partial charge on any atom is -0.489 e. The first kappa shape index (κ1) is 25.0. The number of rotatable bonds is 5. The number of aryl methyl sites for hydroxylation is 3. The van der Waals surface area contributed by atoms with Crippen molar-refractivity contribution in [1.82, 2.24) is 0 Å². The van der Waals surface area contributed by atoms with E-state index in [1.165, 1.54) is 0 Å². The molecule has 1 aromatic heterocycles. The van der Waals surface area contributed by atoms with Crippen LogP contribution in [0.2, 0.25) is 5.02 Å². The van der Waals surface area contributed by atoms with E-state index in [9.17, 15) is 9.59 Å². The first-order valence-electron chi connectivity index (χ1n) is 12.8. The topological polar surface area (TPSA) is 59.8 Å². The summed E-state index contributed by atoms with van der Waals surface area (Å²) >= 11 is 6.46. The zero-order chi connectivity index (χ0) is 27.3. The number of carbonyl (C=O) groups excluding carboxylic acids is 1. The molecular weight excluding hydrogens is 510 g/mol. The summed E-state index contributed by atoms with van der Waals surface area (Å²) in [5, 5.41) is 0.997. The molecule has 6 rings (SSSR count). The normalized spacial score (nSPS) is 14.6. The summed E-state index contributed by atoms with van der Waals surface area (Å²) in [5.41, 5.74) is 5.80. The zero-order valence-electron chi connectivity index (χ0n) is 21.8. The standard InChI is InChI=1S/C33H26ClNO4/c1-19-9-12-24(17-27(19)34)35-30(23-10-13-25(14-11-23)38-18-22-7-5-4-6-8-22)29-31(36)26-15-20(2)21(3)16-28(26)39-32(29)33(35)37/h4-17,30H,18H2,1-3H3. The van der Waals surface area contributed by atoms with Crippen molar-refractivity contribution in [1.29, 1.82) is 0 Å². The molecule has 0 aliphatic carbocycles. The van der Waals surface area contributed by atoms with E-state index in [0.717, 1.165) is 27.8 Å². The Balaban J connectivity index is 1.47. The average Bonchev–Trinajstić information content (AvgIpc) is 3.23. The third-order valence-electron chi connectivity index (χ3n) is 7.36. The van der Waals surface area contributed by atoms with Crippen LogP contribution in [0.3, 0.4) is 0 Å². The highest BCUT2D eigenvalue weighted by atomic mass is 35.5. The van der Waals surface area contributed by atoms with Crippen molar-refractivity contribution < 1.29 is 13.9 Å². The van der Waals surface area contributed by atoms with Gasteiger partial charge < -0.3 is 9.15 Å². The van der Waals surface area contributed by atoms with Gasteiger partial charge >= 0.3 is 0 Å². The molecule has 1 unspecified atom stereocenters. The number of amides is 1. The third-order valence-corrected chi connectivity index (χ3v) is 7.77. The number of benzene rings is 4. The molecule has 1 atom stereocenters. The second kappa shape index (κ2) is 9.75. The summed E-state index contributed by atoms with van der Waals surface area (Å²) in [6.07, 6.45) is 0. The Morgan fingerprint density at radius 2 is 1.56 bits per heavy atom. The van der Waals surface area contributed by atoms with Crippen LogP contribution in [0.5, 0.6) is 5.75 Å². The van der Waals surface area contributed by atoms with E-state index < -0.39 is 6.04 Å². The molecule has 0 N–H and O–H groups in total. The Kier molecular flexibility index (Phi) is 6.24. The van der Waals surface area contributed by atoms with Gasteiger partial charge in [0.25, 0.3) is 5.91 Å².